The van der Waals surface area contributed by atoms with Gasteiger partial charge in [-0.2, -0.15) is 0 Å². The number of fused-ring (bicyclic) bond motifs is 3. The van der Waals surface area contributed by atoms with Crippen LogP contribution in [0.25, 0.3) is 16.3 Å². The lowest BCUT2D eigenvalue weighted by Gasteiger charge is -2.29. The molecule has 0 radical (unpaired) electrons. The van der Waals surface area contributed by atoms with Crippen molar-refractivity contribution < 1.29 is 9.37 Å². The van der Waals surface area contributed by atoms with Crippen LogP contribution in [-0.4, -0.2) is 35.7 Å². The van der Waals surface area contributed by atoms with Crippen LogP contribution in [0.5, 0.6) is 0 Å². The van der Waals surface area contributed by atoms with Crippen LogP contribution in [0.2, 0.25) is 0 Å². The second kappa shape index (κ2) is 11.4. The van der Waals surface area contributed by atoms with Gasteiger partial charge in [-0.1, -0.05) is 121 Å². The molecule has 0 saturated carbocycles. The van der Waals surface area contributed by atoms with Crippen LogP contribution in [0.3, 0.4) is 0 Å². The van der Waals surface area contributed by atoms with Crippen molar-refractivity contribution in [2.75, 3.05) is 24.5 Å². The highest BCUT2D eigenvalue weighted by atomic mass is 79.9. The summed E-state index contributed by atoms with van der Waals surface area (Å²) in [5.74, 6) is 0.915. The normalized spacial score (nSPS) is 21.4. The van der Waals surface area contributed by atoms with Gasteiger partial charge in [-0.05, 0) is 65.6 Å². The molecule has 0 spiro atoms. The third-order valence-corrected chi connectivity index (χ3v) is 10.5. The molecule has 0 saturated heterocycles. The number of ketones is 1. The number of hydrogen-bond acceptors (Lipinski definition) is 2. The predicted molar refractivity (Wildman–Crippen MR) is 192 cm³/mol. The molecule has 0 unspecified atom stereocenters. The SMILES string of the molecule is CC1(C)C(=O)C[N+](CC2C=CC=C2)=C1C=C(C=C1N(CC2C=CC=C2)c2ccc3ccccc3c2C1(C)C)c1ccc(Br)cc1. The highest BCUT2D eigenvalue weighted by Crippen LogP contribution is 2.52. The quantitative estimate of drug-likeness (QED) is 0.237. The smallest absolute Gasteiger partial charge is 0.212 e. The molecule has 0 amide bonds. The summed E-state index contributed by atoms with van der Waals surface area (Å²) in [6.45, 7) is 11.0. The zero-order chi connectivity index (χ0) is 31.3. The monoisotopic (exact) mass is 655 g/mol. The van der Waals surface area contributed by atoms with Crippen molar-refractivity contribution in [3.05, 3.63) is 143 Å². The minimum absolute atomic E-state index is 0.249. The second-order valence-corrected chi connectivity index (χ2v) is 14.6. The van der Waals surface area contributed by atoms with Gasteiger partial charge in [-0.15, -0.1) is 0 Å². The molecule has 4 heteroatoms. The molecule has 2 aliphatic carbocycles. The van der Waals surface area contributed by atoms with Crippen molar-refractivity contribution in [2.45, 2.75) is 33.1 Å². The lowest BCUT2D eigenvalue weighted by molar-refractivity contribution is -0.514. The van der Waals surface area contributed by atoms with Crippen LogP contribution in [0, 0.1) is 17.3 Å². The van der Waals surface area contributed by atoms with Gasteiger partial charge in [0.25, 0.3) is 0 Å². The standard InChI is InChI=1S/C41H40BrN2O/c1-40(2)36(43(27-38(40)45)25-28-11-5-6-12-28)23-32(30-17-20-33(42)21-18-30)24-37-41(3,4)39-34-16-10-9-15-31(34)19-22-35(39)44(37)26-29-13-7-8-14-29/h5-24,28-29H,25-27H2,1-4H3/q+1. The van der Waals surface area contributed by atoms with E-state index < -0.39 is 5.41 Å². The fourth-order valence-corrected chi connectivity index (χ4v) is 7.70. The molecule has 4 aliphatic rings. The summed E-state index contributed by atoms with van der Waals surface area (Å²) in [6.07, 6.45) is 22.3. The first kappa shape index (κ1) is 29.7. The molecule has 45 heavy (non-hydrogen) atoms. The van der Waals surface area contributed by atoms with Crippen LogP contribution in [0.1, 0.15) is 38.8 Å². The summed E-state index contributed by atoms with van der Waals surface area (Å²) in [6, 6.07) is 21.9. The molecule has 0 bridgehead atoms. The van der Waals surface area contributed by atoms with E-state index in [0.29, 0.717) is 18.4 Å². The molecule has 3 nitrogen and oxygen atoms in total. The average Bonchev–Trinajstić information content (AvgIpc) is 3.80. The van der Waals surface area contributed by atoms with Crippen molar-refractivity contribution >= 4 is 49.5 Å². The van der Waals surface area contributed by atoms with E-state index >= 15 is 0 Å². The maximum Gasteiger partial charge on any atom is 0.212 e. The highest BCUT2D eigenvalue weighted by molar-refractivity contribution is 9.10. The maximum atomic E-state index is 13.4. The first-order chi connectivity index (χ1) is 21.6. The molecular formula is C41H40BrN2O+. The van der Waals surface area contributed by atoms with Gasteiger partial charge in [0.15, 0.2) is 12.3 Å². The van der Waals surface area contributed by atoms with Gasteiger partial charge in [0.1, 0.15) is 5.41 Å². The molecule has 0 N–H and O–H groups in total. The Bertz CT molecular complexity index is 1890. The number of rotatable bonds is 7. The van der Waals surface area contributed by atoms with Crippen molar-refractivity contribution in [1.29, 1.82) is 0 Å². The molecule has 226 valence electrons. The van der Waals surface area contributed by atoms with Crippen LogP contribution in [-0.2, 0) is 10.2 Å². The number of nitrogens with zero attached hydrogens (tertiary/aromatic N) is 2. The Balaban J connectivity index is 1.44. The molecule has 7 rings (SSSR count). The van der Waals surface area contributed by atoms with E-state index in [1.807, 2.05) is 0 Å². The summed E-state index contributed by atoms with van der Waals surface area (Å²) in [4.78, 5) is 16.0. The van der Waals surface area contributed by atoms with Gasteiger partial charge in [0.05, 0.1) is 5.92 Å². The van der Waals surface area contributed by atoms with E-state index in [1.54, 1.807) is 0 Å². The van der Waals surface area contributed by atoms with E-state index in [0.717, 1.165) is 34.4 Å². The largest absolute Gasteiger partial charge is 0.343 e. The molecule has 3 aromatic carbocycles. The maximum absolute atomic E-state index is 13.4. The highest BCUT2D eigenvalue weighted by Gasteiger charge is 2.47. The summed E-state index contributed by atoms with van der Waals surface area (Å²) in [5, 5.41) is 2.57. The Morgan fingerprint density at radius 2 is 1.53 bits per heavy atom. The number of Topliss-reactive ketones (excluding diaryl/α,β-unsaturated/α-hetero) is 1. The summed E-state index contributed by atoms with van der Waals surface area (Å²) in [7, 11) is 0. The molecule has 2 heterocycles. The van der Waals surface area contributed by atoms with Gasteiger partial charge in [0.2, 0.25) is 12.3 Å². The van der Waals surface area contributed by atoms with Crippen molar-refractivity contribution in [3.8, 4) is 0 Å². The van der Waals surface area contributed by atoms with Crippen molar-refractivity contribution in [2.24, 2.45) is 17.3 Å². The molecule has 3 aromatic rings. The van der Waals surface area contributed by atoms with E-state index in [-0.39, 0.29) is 11.2 Å². The third-order valence-electron chi connectivity index (χ3n) is 10.0. The van der Waals surface area contributed by atoms with Crippen LogP contribution in [0.15, 0.2) is 132 Å². The number of carbonyl (C=O) groups is 1. The average molecular weight is 657 g/mol. The zero-order valence-electron chi connectivity index (χ0n) is 26.5. The predicted octanol–water partition coefficient (Wildman–Crippen LogP) is 9.21. The number of anilines is 1. The third kappa shape index (κ3) is 5.33. The van der Waals surface area contributed by atoms with Gasteiger partial charge in [-0.3, -0.25) is 4.79 Å². The molecule has 0 aromatic heterocycles. The summed E-state index contributed by atoms with van der Waals surface area (Å²) < 4.78 is 3.35. The topological polar surface area (TPSA) is 23.3 Å². The number of allylic oxidation sites excluding steroid dienone is 8. The first-order valence-electron chi connectivity index (χ1n) is 16.0. The molecule has 0 fully saturated rings. The Morgan fingerprint density at radius 3 is 2.24 bits per heavy atom. The molecular weight excluding hydrogens is 616 g/mol. The van der Waals surface area contributed by atoms with E-state index in [4.69, 9.17) is 0 Å². The van der Waals surface area contributed by atoms with Crippen LogP contribution < -0.4 is 4.90 Å². The lowest BCUT2D eigenvalue weighted by Crippen LogP contribution is -2.30. The van der Waals surface area contributed by atoms with Crippen LogP contribution >= 0.6 is 15.9 Å². The second-order valence-electron chi connectivity index (χ2n) is 13.7. The Hall–Kier alpha value is -4.02. The number of halogens is 1. The minimum atomic E-state index is -0.575. The van der Waals surface area contributed by atoms with E-state index in [2.05, 4.69) is 175 Å². The van der Waals surface area contributed by atoms with E-state index in [9.17, 15) is 4.79 Å². The van der Waals surface area contributed by atoms with Gasteiger partial charge in [-0.25, -0.2) is 4.58 Å². The van der Waals surface area contributed by atoms with Gasteiger partial charge < -0.3 is 4.90 Å². The Morgan fingerprint density at radius 1 is 0.867 bits per heavy atom. The molecule has 2 aliphatic heterocycles. The van der Waals surface area contributed by atoms with Crippen molar-refractivity contribution in [3.63, 3.8) is 0 Å². The Labute approximate surface area is 275 Å². The van der Waals surface area contributed by atoms with E-state index in [1.165, 1.54) is 27.7 Å². The summed E-state index contributed by atoms with van der Waals surface area (Å²) >= 11 is 3.65. The van der Waals surface area contributed by atoms with Crippen molar-refractivity contribution in [1.82, 2.24) is 0 Å². The van der Waals surface area contributed by atoms with Gasteiger partial charge in [0, 0.05) is 39.8 Å². The Kier molecular flexibility index (Phi) is 7.52. The number of benzene rings is 3. The minimum Gasteiger partial charge on any atom is -0.343 e. The zero-order valence-corrected chi connectivity index (χ0v) is 28.1. The lowest BCUT2D eigenvalue weighted by atomic mass is 9.79. The van der Waals surface area contributed by atoms with Crippen LogP contribution in [0.4, 0.5) is 5.69 Å². The summed E-state index contributed by atoms with van der Waals surface area (Å²) in [5.41, 5.74) is 6.43. The van der Waals surface area contributed by atoms with Gasteiger partial charge >= 0.3 is 0 Å². The molecule has 0 atom stereocenters. The first-order valence-corrected chi connectivity index (χ1v) is 16.8. The fourth-order valence-electron chi connectivity index (χ4n) is 7.43. The fraction of sp³-hybridized carbons (Fsp3) is 0.268. The number of hydrogen-bond donors (Lipinski definition) is 0. The number of carbonyl (C=O) groups excluding carboxylic acids is 1.